The largest absolute Gasteiger partial charge is 0.460 e. The molecule has 1 aromatic carbocycles. The van der Waals surface area contributed by atoms with Crippen molar-refractivity contribution in [3.8, 4) is 5.69 Å². The summed E-state index contributed by atoms with van der Waals surface area (Å²) in [4.78, 5) is 3.78. The van der Waals surface area contributed by atoms with Crippen molar-refractivity contribution in [3.63, 3.8) is 0 Å². The molecule has 0 radical (unpaired) electrons. The first kappa shape index (κ1) is 11.5. The number of halogens is 3. The molecular weight excluding hydrogens is 280 g/mol. The molecule has 2 aromatic heterocycles. The fourth-order valence-corrected chi connectivity index (χ4v) is 2.22. The topological polar surface area (TPSA) is 43.9 Å². The molecule has 3 aromatic rings. The third-order valence-electron chi connectivity index (χ3n) is 2.55. The minimum atomic E-state index is -0.652. The Hall–Kier alpha value is -1.59. The van der Waals surface area contributed by atoms with Crippen LogP contribution in [0, 0.1) is 12.7 Å². The number of aryl methyl sites for hydroxylation is 1. The van der Waals surface area contributed by atoms with Gasteiger partial charge in [0.2, 0.25) is 0 Å². The number of nitrogens with zero attached hydrogens (tertiary/aromatic N) is 3. The van der Waals surface area contributed by atoms with Gasteiger partial charge in [0.15, 0.2) is 11.4 Å². The van der Waals surface area contributed by atoms with E-state index in [4.69, 9.17) is 27.6 Å². The molecule has 0 atom stereocenters. The number of hydrogen-bond donors (Lipinski definition) is 0. The predicted octanol–water partition coefficient (Wildman–Crippen LogP) is 3.77. The number of fused-ring (bicyclic) bond motifs is 1. The Bertz CT molecular complexity index is 737. The van der Waals surface area contributed by atoms with E-state index in [-0.39, 0.29) is 15.7 Å². The molecule has 0 bridgehead atoms. The SMILES string of the molecule is Cc1cc2c(-n3cncn3)c(F)c(Cl)c(Cl)c2o1. The average Bonchev–Trinajstić information content (AvgIpc) is 2.96. The van der Waals surface area contributed by atoms with Crippen LogP contribution in [0.4, 0.5) is 4.39 Å². The van der Waals surface area contributed by atoms with Gasteiger partial charge in [0.05, 0.1) is 5.39 Å². The summed E-state index contributed by atoms with van der Waals surface area (Å²) in [5.74, 6) is -0.0459. The van der Waals surface area contributed by atoms with Crippen molar-refractivity contribution >= 4 is 34.2 Å². The molecule has 92 valence electrons. The molecule has 0 saturated carbocycles. The quantitative estimate of drug-likeness (QED) is 0.639. The lowest BCUT2D eigenvalue weighted by Gasteiger charge is -2.07. The Morgan fingerprint density at radius 2 is 2.11 bits per heavy atom. The highest BCUT2D eigenvalue weighted by molar-refractivity contribution is 6.45. The Kier molecular flexibility index (Phi) is 2.53. The third-order valence-corrected chi connectivity index (χ3v) is 3.36. The molecule has 3 rings (SSSR count). The first-order valence-corrected chi connectivity index (χ1v) is 5.76. The first-order valence-electron chi connectivity index (χ1n) is 5.01. The second kappa shape index (κ2) is 3.96. The van der Waals surface area contributed by atoms with E-state index < -0.39 is 5.82 Å². The summed E-state index contributed by atoms with van der Waals surface area (Å²) in [6.45, 7) is 1.74. The molecule has 4 nitrogen and oxygen atoms in total. The van der Waals surface area contributed by atoms with Crippen molar-refractivity contribution in [2.75, 3.05) is 0 Å². The normalized spacial score (nSPS) is 11.3. The fourth-order valence-electron chi connectivity index (χ4n) is 1.82. The van der Waals surface area contributed by atoms with Crippen molar-refractivity contribution in [1.82, 2.24) is 14.8 Å². The number of furan rings is 1. The molecule has 0 aliphatic rings. The van der Waals surface area contributed by atoms with Crippen LogP contribution in [0.2, 0.25) is 10.0 Å². The summed E-state index contributed by atoms with van der Waals surface area (Å²) in [5, 5.41) is 4.27. The molecule has 0 saturated heterocycles. The van der Waals surface area contributed by atoms with Crippen LogP contribution in [0.25, 0.3) is 16.7 Å². The zero-order chi connectivity index (χ0) is 12.9. The van der Waals surface area contributed by atoms with E-state index in [1.165, 1.54) is 17.3 Å². The highest BCUT2D eigenvalue weighted by Crippen LogP contribution is 2.39. The minimum absolute atomic E-state index is 0.0566. The van der Waals surface area contributed by atoms with Crippen LogP contribution in [0.1, 0.15) is 5.76 Å². The summed E-state index contributed by atoms with van der Waals surface area (Å²) in [5.41, 5.74) is 0.514. The van der Waals surface area contributed by atoms with Crippen molar-refractivity contribution < 1.29 is 8.81 Å². The first-order chi connectivity index (χ1) is 8.59. The lowest BCUT2D eigenvalue weighted by molar-refractivity contribution is 0.575. The fraction of sp³-hybridized carbons (Fsp3) is 0.0909. The maximum absolute atomic E-state index is 14.2. The van der Waals surface area contributed by atoms with Gasteiger partial charge in [-0.25, -0.2) is 14.1 Å². The van der Waals surface area contributed by atoms with Crippen LogP contribution in [0.3, 0.4) is 0 Å². The molecule has 0 amide bonds. The van der Waals surface area contributed by atoms with Gasteiger partial charge in [-0.15, -0.1) is 0 Å². The summed E-state index contributed by atoms with van der Waals surface area (Å²) in [6, 6.07) is 1.68. The van der Waals surface area contributed by atoms with Gasteiger partial charge in [0.1, 0.15) is 34.1 Å². The van der Waals surface area contributed by atoms with Gasteiger partial charge in [-0.3, -0.25) is 0 Å². The van der Waals surface area contributed by atoms with Crippen LogP contribution in [-0.2, 0) is 0 Å². The minimum Gasteiger partial charge on any atom is -0.460 e. The maximum Gasteiger partial charge on any atom is 0.169 e. The Morgan fingerprint density at radius 3 is 2.78 bits per heavy atom. The van der Waals surface area contributed by atoms with Gasteiger partial charge in [0.25, 0.3) is 0 Å². The van der Waals surface area contributed by atoms with Crippen LogP contribution >= 0.6 is 23.2 Å². The van der Waals surface area contributed by atoms with Crippen LogP contribution in [-0.4, -0.2) is 14.8 Å². The summed E-state index contributed by atoms with van der Waals surface area (Å²) in [7, 11) is 0. The van der Waals surface area contributed by atoms with E-state index in [9.17, 15) is 4.39 Å². The molecule has 0 aliphatic carbocycles. The van der Waals surface area contributed by atoms with E-state index in [0.29, 0.717) is 16.7 Å². The Balaban J connectivity index is 2.50. The zero-order valence-electron chi connectivity index (χ0n) is 9.12. The van der Waals surface area contributed by atoms with Gasteiger partial charge in [-0.2, -0.15) is 5.10 Å². The zero-order valence-corrected chi connectivity index (χ0v) is 10.6. The van der Waals surface area contributed by atoms with Gasteiger partial charge in [0, 0.05) is 0 Å². The van der Waals surface area contributed by atoms with Gasteiger partial charge >= 0.3 is 0 Å². The molecule has 7 heteroatoms. The highest BCUT2D eigenvalue weighted by Gasteiger charge is 2.22. The molecule has 0 fully saturated rings. The van der Waals surface area contributed by atoms with Gasteiger partial charge < -0.3 is 4.42 Å². The summed E-state index contributed by atoms with van der Waals surface area (Å²) in [6.07, 6.45) is 2.69. The molecule has 0 spiro atoms. The Morgan fingerprint density at radius 1 is 1.33 bits per heavy atom. The molecule has 0 aliphatic heterocycles. The van der Waals surface area contributed by atoms with Crippen molar-refractivity contribution in [2.45, 2.75) is 6.92 Å². The van der Waals surface area contributed by atoms with Gasteiger partial charge in [-0.05, 0) is 13.0 Å². The van der Waals surface area contributed by atoms with E-state index in [0.717, 1.165) is 0 Å². The van der Waals surface area contributed by atoms with Crippen molar-refractivity contribution in [2.24, 2.45) is 0 Å². The van der Waals surface area contributed by atoms with E-state index >= 15 is 0 Å². The Labute approximate surface area is 111 Å². The second-order valence-corrected chi connectivity index (χ2v) is 4.49. The van der Waals surface area contributed by atoms with E-state index in [1.807, 2.05) is 0 Å². The average molecular weight is 286 g/mol. The van der Waals surface area contributed by atoms with Crippen molar-refractivity contribution in [3.05, 3.63) is 40.3 Å². The van der Waals surface area contributed by atoms with Gasteiger partial charge in [-0.1, -0.05) is 23.2 Å². The summed E-state index contributed by atoms with van der Waals surface area (Å²) < 4.78 is 20.9. The number of hydrogen-bond acceptors (Lipinski definition) is 3. The van der Waals surface area contributed by atoms with Crippen LogP contribution in [0.15, 0.2) is 23.1 Å². The van der Waals surface area contributed by atoms with E-state index in [1.54, 1.807) is 13.0 Å². The molecule has 18 heavy (non-hydrogen) atoms. The lowest BCUT2D eigenvalue weighted by Crippen LogP contribution is -2.00. The van der Waals surface area contributed by atoms with Crippen LogP contribution < -0.4 is 0 Å². The maximum atomic E-state index is 14.2. The van der Waals surface area contributed by atoms with Crippen molar-refractivity contribution in [1.29, 1.82) is 0 Å². The smallest absolute Gasteiger partial charge is 0.169 e. The molecule has 2 heterocycles. The molecular formula is C11H6Cl2FN3O. The van der Waals surface area contributed by atoms with E-state index in [2.05, 4.69) is 10.1 Å². The molecule has 0 N–H and O–H groups in total. The standard InChI is InChI=1S/C11H6Cl2FN3O/c1-5-2-6-10(17-4-15-3-16-17)9(14)7(12)8(13)11(6)18-5/h2-4H,1H3. The number of benzene rings is 1. The second-order valence-electron chi connectivity index (χ2n) is 3.73. The van der Waals surface area contributed by atoms with Crippen LogP contribution in [0.5, 0.6) is 0 Å². The number of aromatic nitrogens is 3. The predicted molar refractivity (Wildman–Crippen MR) is 65.8 cm³/mol. The summed E-state index contributed by atoms with van der Waals surface area (Å²) >= 11 is 11.8. The third kappa shape index (κ3) is 1.51. The monoisotopic (exact) mass is 285 g/mol. The number of rotatable bonds is 1. The molecule has 0 unspecified atom stereocenters. The highest BCUT2D eigenvalue weighted by atomic mass is 35.5. The lowest BCUT2D eigenvalue weighted by atomic mass is 10.2.